The molecule has 0 aliphatic carbocycles. The van der Waals surface area contributed by atoms with Crippen molar-refractivity contribution in [3.63, 3.8) is 0 Å². The van der Waals surface area contributed by atoms with Gasteiger partial charge in [-0.25, -0.2) is 4.98 Å². The number of benzene rings is 2. The van der Waals surface area contributed by atoms with Gasteiger partial charge in [0, 0.05) is 10.7 Å². The van der Waals surface area contributed by atoms with Crippen molar-refractivity contribution in [2.24, 2.45) is 5.92 Å². The highest BCUT2D eigenvalue weighted by Crippen LogP contribution is 2.25. The van der Waals surface area contributed by atoms with Gasteiger partial charge in [0.15, 0.2) is 0 Å². The van der Waals surface area contributed by atoms with Crippen molar-refractivity contribution in [2.75, 3.05) is 11.1 Å². The maximum Gasteiger partial charge on any atom is 0.253 e. The summed E-state index contributed by atoms with van der Waals surface area (Å²) in [5.74, 6) is 0.194. The van der Waals surface area contributed by atoms with Gasteiger partial charge in [0.1, 0.15) is 5.82 Å². The molecule has 174 valence electrons. The Balaban J connectivity index is 1.62. The van der Waals surface area contributed by atoms with E-state index < -0.39 is 6.04 Å². The molecule has 33 heavy (non-hydrogen) atoms. The molecule has 7 nitrogen and oxygen atoms in total. The summed E-state index contributed by atoms with van der Waals surface area (Å²) in [6, 6.07) is 10.2. The molecule has 0 bridgehead atoms. The van der Waals surface area contributed by atoms with Crippen molar-refractivity contribution in [3.8, 4) is 0 Å². The third-order valence-electron chi connectivity index (χ3n) is 4.74. The molecule has 0 aliphatic rings. The standard InChI is InChI=1S/C23H25Cl2N5O2S/c1-12(2)20(27-22(32)17-6-5-15(24)10-18(17)25)21-28-23(30-29-21)33-11-19(31)26-16-8-13(3)7-14(4)9-16/h5-10,12,20H,11H2,1-4H3,(H,26,31)(H,27,32)(H,28,29,30)/t20-/m1/s1. The van der Waals surface area contributed by atoms with Gasteiger partial charge in [-0.1, -0.05) is 54.9 Å². The van der Waals surface area contributed by atoms with Gasteiger partial charge >= 0.3 is 0 Å². The lowest BCUT2D eigenvalue weighted by atomic mass is 10.0. The van der Waals surface area contributed by atoms with Crippen LogP contribution in [0, 0.1) is 19.8 Å². The normalized spacial score (nSPS) is 12.0. The largest absolute Gasteiger partial charge is 0.342 e. The van der Waals surface area contributed by atoms with E-state index >= 15 is 0 Å². The molecule has 2 amide bonds. The molecule has 0 spiro atoms. The molecule has 0 radical (unpaired) electrons. The van der Waals surface area contributed by atoms with Gasteiger partial charge in [-0.3, -0.25) is 14.7 Å². The Hall–Kier alpha value is -2.55. The number of thioether (sulfide) groups is 1. The summed E-state index contributed by atoms with van der Waals surface area (Å²) in [6.07, 6.45) is 0. The summed E-state index contributed by atoms with van der Waals surface area (Å²) < 4.78 is 0. The van der Waals surface area contributed by atoms with Crippen LogP contribution in [0.25, 0.3) is 0 Å². The summed E-state index contributed by atoms with van der Waals surface area (Å²) in [6.45, 7) is 7.89. The smallest absolute Gasteiger partial charge is 0.253 e. The van der Waals surface area contributed by atoms with E-state index in [2.05, 4.69) is 25.8 Å². The van der Waals surface area contributed by atoms with E-state index in [9.17, 15) is 9.59 Å². The fourth-order valence-electron chi connectivity index (χ4n) is 3.28. The van der Waals surface area contributed by atoms with Crippen LogP contribution in [0.1, 0.15) is 47.2 Å². The van der Waals surface area contributed by atoms with Crippen LogP contribution >= 0.6 is 35.0 Å². The highest BCUT2D eigenvalue weighted by molar-refractivity contribution is 7.99. The van der Waals surface area contributed by atoms with Crippen LogP contribution in [-0.2, 0) is 4.79 Å². The van der Waals surface area contributed by atoms with Crippen LogP contribution in [-0.4, -0.2) is 32.7 Å². The van der Waals surface area contributed by atoms with E-state index in [4.69, 9.17) is 23.2 Å². The number of H-pyrrole nitrogens is 1. The number of carbonyl (C=O) groups is 2. The van der Waals surface area contributed by atoms with Gasteiger partial charge in [0.25, 0.3) is 5.91 Å². The molecule has 1 atom stereocenters. The predicted octanol–water partition coefficient (Wildman–Crippen LogP) is 5.59. The molecule has 0 saturated carbocycles. The molecule has 0 saturated heterocycles. The van der Waals surface area contributed by atoms with Gasteiger partial charge in [0.05, 0.1) is 22.4 Å². The third kappa shape index (κ3) is 6.96. The van der Waals surface area contributed by atoms with Gasteiger partial charge in [-0.15, -0.1) is 5.10 Å². The van der Waals surface area contributed by atoms with E-state index in [1.165, 1.54) is 17.8 Å². The summed E-state index contributed by atoms with van der Waals surface area (Å²) in [7, 11) is 0. The van der Waals surface area contributed by atoms with Gasteiger partial charge in [-0.05, 0) is 61.2 Å². The highest BCUT2D eigenvalue weighted by atomic mass is 35.5. The first-order valence-electron chi connectivity index (χ1n) is 10.3. The molecule has 1 aromatic heterocycles. The first-order chi connectivity index (χ1) is 15.6. The fourth-order valence-corrected chi connectivity index (χ4v) is 4.38. The molecule has 1 heterocycles. The zero-order valence-electron chi connectivity index (χ0n) is 18.7. The quantitative estimate of drug-likeness (QED) is 0.346. The minimum Gasteiger partial charge on any atom is -0.342 e. The number of aromatic nitrogens is 3. The van der Waals surface area contributed by atoms with Crippen LogP contribution in [0.5, 0.6) is 0 Å². The Kier molecular flexibility index (Phi) is 8.40. The molecule has 10 heteroatoms. The first kappa shape index (κ1) is 25.1. The van der Waals surface area contributed by atoms with E-state index in [0.29, 0.717) is 21.6 Å². The molecule has 0 fully saturated rings. The Morgan fingerprint density at radius 3 is 2.42 bits per heavy atom. The van der Waals surface area contributed by atoms with Gasteiger partial charge in [-0.2, -0.15) is 0 Å². The molecule has 0 aliphatic heterocycles. The molecule has 2 aromatic carbocycles. The lowest BCUT2D eigenvalue weighted by Crippen LogP contribution is -2.32. The van der Waals surface area contributed by atoms with E-state index in [0.717, 1.165) is 16.8 Å². The SMILES string of the molecule is Cc1cc(C)cc(NC(=O)CSc2n[nH]c([C@H](NC(=O)c3ccc(Cl)cc3Cl)C(C)C)n2)c1. The van der Waals surface area contributed by atoms with E-state index in [1.54, 1.807) is 12.1 Å². The summed E-state index contributed by atoms with van der Waals surface area (Å²) >= 11 is 13.3. The van der Waals surface area contributed by atoms with Gasteiger partial charge < -0.3 is 10.6 Å². The zero-order valence-corrected chi connectivity index (χ0v) is 21.0. The number of rotatable bonds is 8. The van der Waals surface area contributed by atoms with E-state index in [-0.39, 0.29) is 28.5 Å². The summed E-state index contributed by atoms with van der Waals surface area (Å²) in [5, 5.41) is 14.0. The lowest BCUT2D eigenvalue weighted by Gasteiger charge is -2.20. The molecule has 3 aromatic rings. The monoisotopic (exact) mass is 505 g/mol. The first-order valence-corrected chi connectivity index (χ1v) is 12.1. The minimum absolute atomic E-state index is 0.0266. The molecule has 0 unspecified atom stereocenters. The van der Waals surface area contributed by atoms with Crippen LogP contribution in [0.3, 0.4) is 0 Å². The Bertz CT molecular complexity index is 1150. The van der Waals surface area contributed by atoms with Gasteiger partial charge in [0.2, 0.25) is 11.1 Å². The fraction of sp³-hybridized carbons (Fsp3) is 0.304. The average Bonchev–Trinajstić information content (AvgIpc) is 3.18. The third-order valence-corrected chi connectivity index (χ3v) is 6.14. The van der Waals surface area contributed by atoms with Crippen molar-refractivity contribution in [1.82, 2.24) is 20.5 Å². The number of carbonyl (C=O) groups excluding carboxylic acids is 2. The number of nitrogens with zero attached hydrogens (tertiary/aromatic N) is 2. The maximum atomic E-state index is 12.7. The Morgan fingerprint density at radius 1 is 1.09 bits per heavy atom. The van der Waals surface area contributed by atoms with E-state index in [1.807, 2.05) is 45.9 Å². The van der Waals surface area contributed by atoms with Crippen LogP contribution < -0.4 is 10.6 Å². The van der Waals surface area contributed by atoms with Crippen molar-refractivity contribution >= 4 is 52.5 Å². The topological polar surface area (TPSA) is 99.8 Å². The second kappa shape index (κ2) is 11.0. The van der Waals surface area contributed by atoms with Crippen molar-refractivity contribution in [1.29, 1.82) is 0 Å². The van der Waals surface area contributed by atoms with Crippen LogP contribution in [0.15, 0.2) is 41.6 Å². The van der Waals surface area contributed by atoms with Crippen LogP contribution in [0.4, 0.5) is 5.69 Å². The number of aromatic amines is 1. The second-order valence-corrected chi connectivity index (χ2v) is 9.82. The number of nitrogens with one attached hydrogen (secondary N) is 3. The van der Waals surface area contributed by atoms with Crippen molar-refractivity contribution in [3.05, 3.63) is 69.0 Å². The number of amides is 2. The van der Waals surface area contributed by atoms with Crippen molar-refractivity contribution in [2.45, 2.75) is 38.9 Å². The molecule has 3 rings (SSSR count). The molecular weight excluding hydrogens is 481 g/mol. The number of aryl methyl sites for hydroxylation is 2. The van der Waals surface area contributed by atoms with Crippen molar-refractivity contribution < 1.29 is 9.59 Å². The molecular formula is C23H25Cl2N5O2S. The highest BCUT2D eigenvalue weighted by Gasteiger charge is 2.24. The number of halogens is 2. The number of hydrogen-bond acceptors (Lipinski definition) is 5. The molecule has 3 N–H and O–H groups in total. The Labute approximate surface area is 207 Å². The number of hydrogen-bond donors (Lipinski definition) is 3. The number of anilines is 1. The predicted molar refractivity (Wildman–Crippen MR) is 133 cm³/mol. The summed E-state index contributed by atoms with van der Waals surface area (Å²) in [5.41, 5.74) is 3.25. The maximum absolute atomic E-state index is 12.7. The average molecular weight is 506 g/mol. The Morgan fingerprint density at radius 2 is 1.79 bits per heavy atom. The second-order valence-electron chi connectivity index (χ2n) is 8.04. The summed E-state index contributed by atoms with van der Waals surface area (Å²) in [4.78, 5) is 29.6. The lowest BCUT2D eigenvalue weighted by molar-refractivity contribution is -0.113. The minimum atomic E-state index is -0.421. The zero-order chi connectivity index (χ0) is 24.1. The van der Waals surface area contributed by atoms with Crippen LogP contribution in [0.2, 0.25) is 10.0 Å².